The molecule has 1 atom stereocenters. The van der Waals surface area contributed by atoms with E-state index in [0.717, 1.165) is 11.3 Å². The molecule has 156 valence electrons. The van der Waals surface area contributed by atoms with Gasteiger partial charge in [0.1, 0.15) is 5.75 Å². The van der Waals surface area contributed by atoms with Crippen molar-refractivity contribution in [2.24, 2.45) is 0 Å². The van der Waals surface area contributed by atoms with Crippen molar-refractivity contribution in [2.45, 2.75) is 19.0 Å². The predicted octanol–water partition coefficient (Wildman–Crippen LogP) is 3.00. The first kappa shape index (κ1) is 21.5. The number of benzene rings is 2. The van der Waals surface area contributed by atoms with Gasteiger partial charge in [-0.25, -0.2) is 8.42 Å². The van der Waals surface area contributed by atoms with Crippen molar-refractivity contribution in [3.8, 4) is 5.75 Å². The summed E-state index contributed by atoms with van der Waals surface area (Å²) in [6, 6.07) is 14.4. The van der Waals surface area contributed by atoms with Crippen LogP contribution in [-0.4, -0.2) is 57.5 Å². The van der Waals surface area contributed by atoms with Crippen molar-refractivity contribution in [3.05, 3.63) is 59.1 Å². The standard InChI is InChI=1S/C21H25ClN2O4S/c1-23(2)17-9-7-16(8-10-17)13-24(18-11-12-29(26,27)15-18)21(25)14-28-20-6-4-3-5-19(20)22/h3-10,18H,11-15H2,1-2H3. The zero-order valence-corrected chi connectivity index (χ0v) is 18.1. The largest absolute Gasteiger partial charge is 0.482 e. The minimum atomic E-state index is -3.12. The molecule has 8 heteroatoms. The van der Waals surface area contributed by atoms with Crippen molar-refractivity contribution in [1.82, 2.24) is 4.90 Å². The molecule has 0 aliphatic carbocycles. The Hall–Kier alpha value is -2.25. The van der Waals surface area contributed by atoms with Gasteiger partial charge < -0.3 is 14.5 Å². The van der Waals surface area contributed by atoms with Crippen LogP contribution in [0.15, 0.2) is 48.5 Å². The van der Waals surface area contributed by atoms with E-state index in [1.54, 1.807) is 29.2 Å². The Kier molecular flexibility index (Phi) is 6.70. The SMILES string of the molecule is CN(C)c1ccc(CN(C(=O)COc2ccccc2Cl)C2CCS(=O)(=O)C2)cc1. The maximum atomic E-state index is 13.0. The third kappa shape index (κ3) is 5.64. The van der Waals surface area contributed by atoms with E-state index < -0.39 is 9.84 Å². The van der Waals surface area contributed by atoms with Crippen LogP contribution in [0.5, 0.6) is 5.75 Å². The zero-order chi connectivity index (χ0) is 21.0. The zero-order valence-electron chi connectivity index (χ0n) is 16.5. The minimum absolute atomic E-state index is 0.0133. The lowest BCUT2D eigenvalue weighted by Crippen LogP contribution is -2.43. The van der Waals surface area contributed by atoms with Crippen LogP contribution in [0, 0.1) is 0 Å². The summed E-state index contributed by atoms with van der Waals surface area (Å²) in [4.78, 5) is 16.6. The molecule has 1 aliphatic rings. The fraction of sp³-hybridized carbons (Fsp3) is 0.381. The van der Waals surface area contributed by atoms with Gasteiger partial charge in [-0.05, 0) is 36.2 Å². The lowest BCUT2D eigenvalue weighted by molar-refractivity contribution is -0.136. The van der Waals surface area contributed by atoms with Crippen LogP contribution in [0.4, 0.5) is 5.69 Å². The summed E-state index contributed by atoms with van der Waals surface area (Å²) in [6.07, 6.45) is 0.440. The first-order chi connectivity index (χ1) is 13.7. The van der Waals surface area contributed by atoms with Gasteiger partial charge in [-0.15, -0.1) is 0 Å². The molecule has 1 unspecified atom stereocenters. The highest BCUT2D eigenvalue weighted by atomic mass is 35.5. The van der Waals surface area contributed by atoms with Crippen molar-refractivity contribution in [2.75, 3.05) is 37.1 Å². The van der Waals surface area contributed by atoms with Gasteiger partial charge in [0.2, 0.25) is 0 Å². The summed E-state index contributed by atoms with van der Waals surface area (Å²) in [6.45, 7) is 0.134. The van der Waals surface area contributed by atoms with Crippen LogP contribution in [0.2, 0.25) is 5.02 Å². The Bertz CT molecular complexity index is 961. The second-order valence-electron chi connectivity index (χ2n) is 7.36. The average Bonchev–Trinajstić information content (AvgIpc) is 3.05. The van der Waals surface area contributed by atoms with E-state index in [0.29, 0.717) is 23.7 Å². The number of ether oxygens (including phenoxy) is 1. The van der Waals surface area contributed by atoms with Gasteiger partial charge in [0.25, 0.3) is 5.91 Å². The summed E-state index contributed by atoms with van der Waals surface area (Å²) in [5.74, 6) is 0.257. The number of amides is 1. The molecular weight excluding hydrogens is 412 g/mol. The molecule has 2 aromatic rings. The second kappa shape index (κ2) is 9.05. The summed E-state index contributed by atoms with van der Waals surface area (Å²) in [5.41, 5.74) is 1.99. The van der Waals surface area contributed by atoms with Crippen molar-refractivity contribution in [1.29, 1.82) is 0 Å². The molecule has 1 aliphatic heterocycles. The number of para-hydroxylation sites is 1. The number of hydrogen-bond donors (Lipinski definition) is 0. The summed E-state index contributed by atoms with van der Waals surface area (Å²) in [7, 11) is 0.797. The van der Waals surface area contributed by atoms with Gasteiger partial charge >= 0.3 is 0 Å². The quantitative estimate of drug-likeness (QED) is 0.667. The second-order valence-corrected chi connectivity index (χ2v) is 9.99. The first-order valence-electron chi connectivity index (χ1n) is 9.38. The minimum Gasteiger partial charge on any atom is -0.482 e. The molecule has 0 radical (unpaired) electrons. The van der Waals surface area contributed by atoms with Crippen LogP contribution < -0.4 is 9.64 Å². The monoisotopic (exact) mass is 436 g/mol. The molecule has 3 rings (SSSR count). The first-order valence-corrected chi connectivity index (χ1v) is 11.6. The number of rotatable bonds is 7. The van der Waals surface area contributed by atoms with E-state index >= 15 is 0 Å². The number of carbonyl (C=O) groups excluding carboxylic acids is 1. The molecule has 6 nitrogen and oxygen atoms in total. The lowest BCUT2D eigenvalue weighted by Gasteiger charge is -2.28. The maximum absolute atomic E-state index is 13.0. The van der Waals surface area contributed by atoms with Crippen LogP contribution in [0.3, 0.4) is 0 Å². The molecule has 0 bridgehead atoms. The maximum Gasteiger partial charge on any atom is 0.261 e. The fourth-order valence-corrected chi connectivity index (χ4v) is 5.24. The van der Waals surface area contributed by atoms with E-state index in [1.165, 1.54) is 0 Å². The van der Waals surface area contributed by atoms with Gasteiger partial charge in [-0.2, -0.15) is 0 Å². The topological polar surface area (TPSA) is 66.9 Å². The Balaban J connectivity index is 1.75. The van der Waals surface area contributed by atoms with E-state index in [2.05, 4.69) is 0 Å². The molecule has 2 aromatic carbocycles. The number of carbonyl (C=O) groups is 1. The third-order valence-electron chi connectivity index (χ3n) is 4.96. The highest BCUT2D eigenvalue weighted by Gasteiger charge is 2.34. The van der Waals surface area contributed by atoms with Gasteiger partial charge in [0.05, 0.1) is 16.5 Å². The molecule has 0 N–H and O–H groups in total. The van der Waals surface area contributed by atoms with Crippen molar-refractivity contribution < 1.29 is 17.9 Å². The van der Waals surface area contributed by atoms with Crippen LogP contribution in [-0.2, 0) is 21.2 Å². The summed E-state index contributed by atoms with van der Waals surface area (Å²) in [5, 5.41) is 0.426. The molecule has 1 fully saturated rings. The van der Waals surface area contributed by atoms with Gasteiger partial charge in [-0.1, -0.05) is 35.9 Å². The molecule has 1 heterocycles. The normalized spacial score (nSPS) is 17.7. The fourth-order valence-electron chi connectivity index (χ4n) is 3.32. The van der Waals surface area contributed by atoms with Crippen LogP contribution >= 0.6 is 11.6 Å². The highest BCUT2D eigenvalue weighted by Crippen LogP contribution is 2.25. The van der Waals surface area contributed by atoms with E-state index in [4.69, 9.17) is 16.3 Å². The Morgan fingerprint density at radius 3 is 2.41 bits per heavy atom. The number of anilines is 1. The summed E-state index contributed by atoms with van der Waals surface area (Å²) < 4.78 is 29.5. The van der Waals surface area contributed by atoms with Crippen LogP contribution in [0.25, 0.3) is 0 Å². The van der Waals surface area contributed by atoms with Gasteiger partial charge in [0, 0.05) is 32.4 Å². The molecule has 0 saturated carbocycles. The Labute approximate surface area is 176 Å². The number of nitrogens with zero attached hydrogens (tertiary/aromatic N) is 2. The average molecular weight is 437 g/mol. The molecule has 1 saturated heterocycles. The van der Waals surface area contributed by atoms with Gasteiger partial charge in [0.15, 0.2) is 16.4 Å². The smallest absolute Gasteiger partial charge is 0.261 e. The predicted molar refractivity (Wildman–Crippen MR) is 115 cm³/mol. The van der Waals surface area contributed by atoms with Crippen molar-refractivity contribution >= 4 is 33.0 Å². The van der Waals surface area contributed by atoms with E-state index in [1.807, 2.05) is 43.3 Å². The number of halogens is 1. The molecule has 29 heavy (non-hydrogen) atoms. The lowest BCUT2D eigenvalue weighted by atomic mass is 10.1. The molecular formula is C21H25ClN2O4S. The summed E-state index contributed by atoms with van der Waals surface area (Å²) >= 11 is 6.09. The van der Waals surface area contributed by atoms with E-state index in [-0.39, 0.29) is 30.1 Å². The van der Waals surface area contributed by atoms with Gasteiger partial charge in [-0.3, -0.25) is 4.79 Å². The Morgan fingerprint density at radius 2 is 1.83 bits per heavy atom. The highest BCUT2D eigenvalue weighted by molar-refractivity contribution is 7.91. The Morgan fingerprint density at radius 1 is 1.14 bits per heavy atom. The van der Waals surface area contributed by atoms with Crippen molar-refractivity contribution in [3.63, 3.8) is 0 Å². The molecule has 0 spiro atoms. The number of sulfone groups is 1. The number of hydrogen-bond acceptors (Lipinski definition) is 5. The molecule has 1 amide bonds. The van der Waals surface area contributed by atoms with Crippen LogP contribution in [0.1, 0.15) is 12.0 Å². The third-order valence-corrected chi connectivity index (χ3v) is 7.03. The van der Waals surface area contributed by atoms with E-state index in [9.17, 15) is 13.2 Å². The molecule has 0 aromatic heterocycles.